The van der Waals surface area contributed by atoms with Crippen molar-refractivity contribution in [2.24, 2.45) is 0 Å². The third-order valence-corrected chi connectivity index (χ3v) is 5.42. The number of halogens is 1. The quantitative estimate of drug-likeness (QED) is 0.850. The highest BCUT2D eigenvalue weighted by Gasteiger charge is 2.30. The van der Waals surface area contributed by atoms with E-state index >= 15 is 0 Å². The number of sulfone groups is 1. The van der Waals surface area contributed by atoms with Gasteiger partial charge in [-0.05, 0) is 40.0 Å². The molecule has 5 nitrogen and oxygen atoms in total. The number of aliphatic carboxylic acids is 1. The predicted molar refractivity (Wildman–Crippen MR) is 75.0 cm³/mol. The van der Waals surface area contributed by atoms with Gasteiger partial charge in [0.25, 0.3) is 0 Å². The summed E-state index contributed by atoms with van der Waals surface area (Å²) in [7, 11) is -2.21. The number of hydrogen-bond donors (Lipinski definition) is 1. The fraction of sp³-hybridized carbons (Fsp3) is 0.417. The monoisotopic (exact) mass is 350 g/mol. The molecule has 0 spiro atoms. The van der Waals surface area contributed by atoms with E-state index in [2.05, 4.69) is 15.9 Å². The Labute approximate surface area is 120 Å². The number of methoxy groups -OCH3 is 1. The van der Waals surface area contributed by atoms with Crippen molar-refractivity contribution >= 4 is 31.7 Å². The lowest BCUT2D eigenvalue weighted by Gasteiger charge is -2.12. The van der Waals surface area contributed by atoms with Gasteiger partial charge < -0.3 is 9.84 Å². The standard InChI is InChI=1S/C12H15BrO5S/c1-3-11(12(14)15)19(16,17)7-8-4-5-10(18-2)9(13)6-8/h4-6,11H,3,7H2,1-2H3,(H,14,15). The number of carboxylic acids is 1. The lowest BCUT2D eigenvalue weighted by Crippen LogP contribution is -2.30. The molecule has 0 fully saturated rings. The third-order valence-electron chi connectivity index (χ3n) is 2.66. The van der Waals surface area contributed by atoms with Crippen LogP contribution in [-0.2, 0) is 20.4 Å². The van der Waals surface area contributed by atoms with E-state index in [0.717, 1.165) is 0 Å². The Morgan fingerprint density at radius 1 is 1.47 bits per heavy atom. The van der Waals surface area contributed by atoms with Gasteiger partial charge in [-0.3, -0.25) is 4.79 Å². The molecule has 0 aliphatic rings. The molecule has 0 saturated heterocycles. The molecule has 0 saturated carbocycles. The first-order valence-electron chi connectivity index (χ1n) is 5.58. The number of ether oxygens (including phenoxy) is 1. The van der Waals surface area contributed by atoms with Crippen molar-refractivity contribution in [3.8, 4) is 5.75 Å². The Balaban J connectivity index is 3.01. The molecular weight excluding hydrogens is 336 g/mol. The Kier molecular flexibility index (Phi) is 5.37. The van der Waals surface area contributed by atoms with Crippen molar-refractivity contribution in [3.63, 3.8) is 0 Å². The first-order valence-corrected chi connectivity index (χ1v) is 8.09. The Morgan fingerprint density at radius 3 is 2.53 bits per heavy atom. The first-order chi connectivity index (χ1) is 8.81. The van der Waals surface area contributed by atoms with Gasteiger partial charge in [0.05, 0.1) is 17.3 Å². The van der Waals surface area contributed by atoms with Crippen molar-refractivity contribution < 1.29 is 23.1 Å². The molecule has 1 rings (SSSR count). The maximum atomic E-state index is 12.0. The van der Waals surface area contributed by atoms with Crippen LogP contribution >= 0.6 is 15.9 Å². The van der Waals surface area contributed by atoms with E-state index in [0.29, 0.717) is 15.8 Å². The summed E-state index contributed by atoms with van der Waals surface area (Å²) in [6.45, 7) is 1.54. The van der Waals surface area contributed by atoms with Crippen molar-refractivity contribution in [1.29, 1.82) is 0 Å². The summed E-state index contributed by atoms with van der Waals surface area (Å²) < 4.78 is 29.7. The Bertz CT molecular complexity index is 567. The summed E-state index contributed by atoms with van der Waals surface area (Å²) in [5, 5.41) is 7.55. The molecule has 0 amide bonds. The summed E-state index contributed by atoms with van der Waals surface area (Å²) in [5.74, 6) is -1.03. The minimum atomic E-state index is -3.72. The average Bonchev–Trinajstić information content (AvgIpc) is 2.28. The second kappa shape index (κ2) is 6.38. The van der Waals surface area contributed by atoms with Gasteiger partial charge in [-0.25, -0.2) is 8.42 Å². The van der Waals surface area contributed by atoms with Gasteiger partial charge in [-0.2, -0.15) is 0 Å². The zero-order valence-electron chi connectivity index (χ0n) is 10.6. The van der Waals surface area contributed by atoms with Crippen molar-refractivity contribution in [1.82, 2.24) is 0 Å². The molecule has 1 unspecified atom stereocenters. The third kappa shape index (κ3) is 3.94. The van der Waals surface area contributed by atoms with Crippen LogP contribution in [0.15, 0.2) is 22.7 Å². The SMILES string of the molecule is CCC(C(=O)O)S(=O)(=O)Cc1ccc(OC)c(Br)c1. The van der Waals surface area contributed by atoms with Crippen LogP contribution in [0.25, 0.3) is 0 Å². The summed E-state index contributed by atoms with van der Waals surface area (Å²) >= 11 is 3.26. The second-order valence-electron chi connectivity index (χ2n) is 4.01. The molecule has 0 heterocycles. The van der Waals surface area contributed by atoms with Crippen LogP contribution in [0.1, 0.15) is 18.9 Å². The molecule has 0 aliphatic heterocycles. The molecule has 1 aromatic rings. The van der Waals surface area contributed by atoms with Crippen LogP contribution < -0.4 is 4.74 Å². The maximum absolute atomic E-state index is 12.0. The highest BCUT2D eigenvalue weighted by molar-refractivity contribution is 9.10. The van der Waals surface area contributed by atoms with E-state index in [-0.39, 0.29) is 12.2 Å². The Hall–Kier alpha value is -1.08. The summed E-state index contributed by atoms with van der Waals surface area (Å²) in [6.07, 6.45) is 0.0506. The maximum Gasteiger partial charge on any atom is 0.321 e. The normalized spacial score (nSPS) is 13.0. The fourth-order valence-corrected chi connectivity index (χ4v) is 3.96. The smallest absolute Gasteiger partial charge is 0.321 e. The van der Waals surface area contributed by atoms with Crippen LogP contribution in [0.5, 0.6) is 5.75 Å². The molecule has 106 valence electrons. The van der Waals surface area contributed by atoms with Crippen LogP contribution in [0.4, 0.5) is 0 Å². The highest BCUT2D eigenvalue weighted by atomic mass is 79.9. The van der Waals surface area contributed by atoms with E-state index in [1.807, 2.05) is 0 Å². The number of carbonyl (C=O) groups is 1. The van der Waals surface area contributed by atoms with Crippen molar-refractivity contribution in [2.75, 3.05) is 7.11 Å². The van der Waals surface area contributed by atoms with Gasteiger partial charge in [0, 0.05) is 0 Å². The van der Waals surface area contributed by atoms with Gasteiger partial charge in [0.1, 0.15) is 5.75 Å². The van der Waals surface area contributed by atoms with Gasteiger partial charge in [-0.1, -0.05) is 13.0 Å². The topological polar surface area (TPSA) is 80.7 Å². The molecule has 0 aliphatic carbocycles. The molecule has 0 radical (unpaired) electrons. The molecule has 0 aromatic heterocycles. The summed E-state index contributed by atoms with van der Waals surface area (Å²) in [5.41, 5.74) is 0.521. The minimum absolute atomic E-state index is 0.0506. The molecule has 7 heteroatoms. The van der Waals surface area contributed by atoms with E-state index in [1.165, 1.54) is 7.11 Å². The largest absolute Gasteiger partial charge is 0.496 e. The van der Waals surface area contributed by atoms with E-state index in [9.17, 15) is 13.2 Å². The zero-order chi connectivity index (χ0) is 14.6. The van der Waals surface area contributed by atoms with E-state index in [4.69, 9.17) is 9.84 Å². The first kappa shape index (κ1) is 16.0. The van der Waals surface area contributed by atoms with Gasteiger partial charge in [0.2, 0.25) is 0 Å². The minimum Gasteiger partial charge on any atom is -0.496 e. The lowest BCUT2D eigenvalue weighted by atomic mass is 10.2. The van der Waals surface area contributed by atoms with Crippen LogP contribution in [0.2, 0.25) is 0 Å². The number of carboxylic acid groups (broad SMARTS) is 1. The molecule has 1 N–H and O–H groups in total. The summed E-state index contributed by atoms with van der Waals surface area (Å²) in [4.78, 5) is 10.9. The number of hydrogen-bond acceptors (Lipinski definition) is 4. The Morgan fingerprint density at radius 2 is 2.11 bits per heavy atom. The van der Waals surface area contributed by atoms with E-state index in [1.54, 1.807) is 25.1 Å². The predicted octanol–water partition coefficient (Wildman–Crippen LogP) is 2.24. The van der Waals surface area contributed by atoms with E-state index < -0.39 is 21.1 Å². The molecule has 1 atom stereocenters. The molecule has 1 aromatic carbocycles. The number of benzene rings is 1. The lowest BCUT2D eigenvalue weighted by molar-refractivity contribution is -0.136. The van der Waals surface area contributed by atoms with Crippen molar-refractivity contribution in [3.05, 3.63) is 28.2 Å². The van der Waals surface area contributed by atoms with Crippen LogP contribution in [0.3, 0.4) is 0 Å². The van der Waals surface area contributed by atoms with Gasteiger partial charge in [0.15, 0.2) is 15.1 Å². The zero-order valence-corrected chi connectivity index (χ0v) is 13.0. The number of rotatable bonds is 6. The molecule has 19 heavy (non-hydrogen) atoms. The molecular formula is C12H15BrO5S. The van der Waals surface area contributed by atoms with Gasteiger partial charge >= 0.3 is 5.97 Å². The van der Waals surface area contributed by atoms with Crippen LogP contribution in [-0.4, -0.2) is 31.9 Å². The fourth-order valence-electron chi connectivity index (χ4n) is 1.71. The van der Waals surface area contributed by atoms with Gasteiger partial charge in [-0.15, -0.1) is 0 Å². The summed E-state index contributed by atoms with van der Waals surface area (Å²) in [6, 6.07) is 4.86. The average molecular weight is 351 g/mol. The second-order valence-corrected chi connectivity index (χ2v) is 7.05. The molecule has 0 bridgehead atoms. The van der Waals surface area contributed by atoms with Crippen molar-refractivity contribution in [2.45, 2.75) is 24.3 Å². The highest BCUT2D eigenvalue weighted by Crippen LogP contribution is 2.27. The van der Waals surface area contributed by atoms with Crippen LogP contribution in [0, 0.1) is 0 Å².